The van der Waals surface area contributed by atoms with Gasteiger partial charge in [0, 0.05) is 0 Å². The summed E-state index contributed by atoms with van der Waals surface area (Å²) in [6.45, 7) is 2.04. The lowest BCUT2D eigenvalue weighted by Gasteiger charge is -2.28. The first kappa shape index (κ1) is 30.8. The predicted octanol–water partition coefficient (Wildman–Crippen LogP) is 6.21. The van der Waals surface area contributed by atoms with Gasteiger partial charge in [-0.15, -0.1) is 0 Å². The van der Waals surface area contributed by atoms with E-state index in [0.29, 0.717) is 22.6 Å². The van der Waals surface area contributed by atoms with Crippen molar-refractivity contribution in [3.8, 4) is 11.5 Å². The van der Waals surface area contributed by atoms with E-state index < -0.39 is 42.1 Å². The maximum atomic E-state index is 12.5. The maximum absolute atomic E-state index is 12.5. The fourth-order valence-corrected chi connectivity index (χ4v) is 4.19. The van der Waals surface area contributed by atoms with Crippen LogP contribution >= 0.6 is 0 Å². The number of rotatable bonds is 10. The molecule has 0 saturated heterocycles. The van der Waals surface area contributed by atoms with Crippen LogP contribution in [0.25, 0.3) is 12.2 Å². The molecule has 0 radical (unpaired) electrons. The van der Waals surface area contributed by atoms with E-state index in [1.54, 1.807) is 48.5 Å². The van der Waals surface area contributed by atoms with Crippen LogP contribution in [0.4, 0.5) is 0 Å². The molecule has 43 heavy (non-hydrogen) atoms. The van der Waals surface area contributed by atoms with Gasteiger partial charge in [0.1, 0.15) is 28.4 Å². The van der Waals surface area contributed by atoms with Gasteiger partial charge in [0.2, 0.25) is 0 Å². The minimum Gasteiger partial charge on any atom is -0.511 e. The van der Waals surface area contributed by atoms with Gasteiger partial charge >= 0.3 is 11.9 Å². The molecule has 8 nitrogen and oxygen atoms in total. The molecule has 0 heterocycles. The first-order valence-electron chi connectivity index (χ1n) is 13.5. The number of benzene rings is 4. The largest absolute Gasteiger partial charge is 0.511 e. The summed E-state index contributed by atoms with van der Waals surface area (Å²) in [6.07, 6.45) is 2.55. The molecule has 0 saturated carbocycles. The van der Waals surface area contributed by atoms with Crippen LogP contribution in [-0.4, -0.2) is 45.6 Å². The van der Waals surface area contributed by atoms with Crippen LogP contribution in [-0.2, 0) is 0 Å². The van der Waals surface area contributed by atoms with Crippen molar-refractivity contribution in [1.82, 2.24) is 0 Å². The summed E-state index contributed by atoms with van der Waals surface area (Å²) in [7, 11) is 0. The van der Waals surface area contributed by atoms with E-state index >= 15 is 0 Å². The summed E-state index contributed by atoms with van der Waals surface area (Å²) in [4.78, 5) is 25.1. The van der Waals surface area contributed by atoms with E-state index in [9.17, 15) is 30.0 Å². The van der Waals surface area contributed by atoms with Crippen LogP contribution in [0.3, 0.4) is 0 Å². The lowest BCUT2D eigenvalue weighted by molar-refractivity contribution is 0.0487. The zero-order valence-electron chi connectivity index (χ0n) is 23.7. The van der Waals surface area contributed by atoms with Gasteiger partial charge in [0.25, 0.3) is 0 Å². The molecule has 0 amide bonds. The summed E-state index contributed by atoms with van der Waals surface area (Å²) in [5, 5.41) is 42.2. The van der Waals surface area contributed by atoms with Crippen LogP contribution in [0.15, 0.2) is 109 Å². The van der Waals surface area contributed by atoms with Crippen molar-refractivity contribution in [2.75, 3.05) is 13.2 Å². The molecule has 4 aromatic rings. The molecule has 0 aliphatic carbocycles. The van der Waals surface area contributed by atoms with Crippen LogP contribution in [0, 0.1) is 19.3 Å². The summed E-state index contributed by atoms with van der Waals surface area (Å²) >= 11 is 0. The molecule has 4 N–H and O–H groups in total. The molecule has 4 rings (SSSR count). The van der Waals surface area contributed by atoms with Crippen LogP contribution in [0.2, 0.25) is 0 Å². The van der Waals surface area contributed by atoms with E-state index in [4.69, 9.17) is 9.47 Å². The second-order valence-corrected chi connectivity index (χ2v) is 10.0. The van der Waals surface area contributed by atoms with E-state index in [2.05, 4.69) is 0 Å². The SMILES string of the molecule is Cc1ccccc1OC(=O)c1ccc(C=C(O)C(CO)(CO)C(O)=Cc2ccc(C(=O)Oc3ccccc3C)cc2)cc1. The van der Waals surface area contributed by atoms with Crippen molar-refractivity contribution >= 4 is 24.1 Å². The van der Waals surface area contributed by atoms with E-state index in [1.807, 2.05) is 38.1 Å². The van der Waals surface area contributed by atoms with Gasteiger partial charge in [-0.2, -0.15) is 0 Å². The molecule has 0 aliphatic heterocycles. The number of esters is 2. The highest BCUT2D eigenvalue weighted by atomic mass is 16.5. The van der Waals surface area contributed by atoms with Crippen LogP contribution < -0.4 is 9.47 Å². The molecule has 0 fully saturated rings. The standard InChI is InChI=1S/C35H32O8/c1-23-7-3-5-9-29(23)42-33(40)27-15-11-25(12-16-27)19-31(38)35(21-36,22-37)32(39)20-26-13-17-28(18-14-26)34(41)43-30-10-6-4-8-24(30)2/h3-20,36-39H,21-22H2,1-2H3. The van der Waals surface area contributed by atoms with Crippen molar-refractivity contribution in [2.24, 2.45) is 5.41 Å². The predicted molar refractivity (Wildman–Crippen MR) is 163 cm³/mol. The summed E-state index contributed by atoms with van der Waals surface area (Å²) in [6, 6.07) is 26.5. The molecular weight excluding hydrogens is 548 g/mol. The number of aryl methyl sites for hydroxylation is 2. The van der Waals surface area contributed by atoms with Gasteiger partial charge in [0.05, 0.1) is 24.3 Å². The Bertz CT molecular complexity index is 1530. The Hall–Kier alpha value is -5.18. The van der Waals surface area contributed by atoms with E-state index in [0.717, 1.165) is 11.1 Å². The molecule has 0 bridgehead atoms. The molecule has 0 atom stereocenters. The monoisotopic (exact) mass is 580 g/mol. The molecule has 220 valence electrons. The smallest absolute Gasteiger partial charge is 0.343 e. The van der Waals surface area contributed by atoms with Crippen molar-refractivity contribution < 1.29 is 39.5 Å². The fourth-order valence-electron chi connectivity index (χ4n) is 4.19. The van der Waals surface area contributed by atoms with Crippen LogP contribution in [0.1, 0.15) is 43.0 Å². The number of aliphatic hydroxyl groups is 4. The molecule has 0 aliphatic rings. The van der Waals surface area contributed by atoms with Gasteiger partial charge < -0.3 is 29.9 Å². The Morgan fingerprint density at radius 2 is 0.953 bits per heavy atom. The first-order valence-corrected chi connectivity index (χ1v) is 13.5. The number of hydrogen-bond donors (Lipinski definition) is 4. The van der Waals surface area contributed by atoms with Gasteiger partial charge in [0.15, 0.2) is 0 Å². The minimum absolute atomic E-state index is 0.282. The third kappa shape index (κ3) is 7.19. The first-order chi connectivity index (χ1) is 20.7. The molecular formula is C35H32O8. The average molecular weight is 581 g/mol. The van der Waals surface area contributed by atoms with Crippen molar-refractivity contribution in [1.29, 1.82) is 0 Å². The van der Waals surface area contributed by atoms with E-state index in [1.165, 1.54) is 36.4 Å². The van der Waals surface area contributed by atoms with Gasteiger partial charge in [-0.1, -0.05) is 60.7 Å². The third-order valence-electron chi connectivity index (χ3n) is 7.01. The highest BCUT2D eigenvalue weighted by Crippen LogP contribution is 2.34. The number of hydrogen-bond acceptors (Lipinski definition) is 8. The highest BCUT2D eigenvalue weighted by molar-refractivity contribution is 5.92. The average Bonchev–Trinajstić information content (AvgIpc) is 3.01. The molecule has 4 aromatic carbocycles. The van der Waals surface area contributed by atoms with Gasteiger partial charge in [-0.25, -0.2) is 9.59 Å². The quantitative estimate of drug-likeness (QED) is 0.0988. The lowest BCUT2D eigenvalue weighted by Crippen LogP contribution is -2.34. The van der Waals surface area contributed by atoms with Gasteiger partial charge in [-0.3, -0.25) is 0 Å². The fraction of sp³-hybridized carbons (Fsp3) is 0.143. The van der Waals surface area contributed by atoms with Crippen LogP contribution in [0.5, 0.6) is 11.5 Å². The topological polar surface area (TPSA) is 134 Å². The Kier molecular flexibility index (Phi) is 9.77. The number of carbonyl (C=O) groups excluding carboxylic acids is 2. The molecule has 0 aromatic heterocycles. The number of ether oxygens (including phenoxy) is 2. The normalized spacial score (nSPS) is 12.1. The Labute approximate surface area is 249 Å². The molecule has 8 heteroatoms. The Balaban J connectivity index is 1.49. The summed E-state index contributed by atoms with van der Waals surface area (Å²) in [5.41, 5.74) is 1.17. The second-order valence-electron chi connectivity index (χ2n) is 10.0. The number of aliphatic hydroxyl groups excluding tert-OH is 4. The zero-order chi connectivity index (χ0) is 31.0. The highest BCUT2D eigenvalue weighted by Gasteiger charge is 2.38. The lowest BCUT2D eigenvalue weighted by atomic mass is 9.83. The third-order valence-corrected chi connectivity index (χ3v) is 7.01. The van der Waals surface area contributed by atoms with Crippen molar-refractivity contribution in [2.45, 2.75) is 13.8 Å². The number of carbonyl (C=O) groups is 2. The molecule has 0 unspecified atom stereocenters. The van der Waals surface area contributed by atoms with Crippen molar-refractivity contribution in [3.05, 3.63) is 142 Å². The maximum Gasteiger partial charge on any atom is 0.343 e. The second kappa shape index (κ2) is 13.7. The van der Waals surface area contributed by atoms with Gasteiger partial charge in [-0.05, 0) is 84.7 Å². The molecule has 0 spiro atoms. The van der Waals surface area contributed by atoms with E-state index in [-0.39, 0.29) is 11.1 Å². The minimum atomic E-state index is -1.91. The summed E-state index contributed by atoms with van der Waals surface area (Å²) in [5.74, 6) is -1.21. The number of para-hydroxylation sites is 2. The van der Waals surface area contributed by atoms with Crippen molar-refractivity contribution in [3.63, 3.8) is 0 Å². The summed E-state index contributed by atoms with van der Waals surface area (Å²) < 4.78 is 10.9. The zero-order valence-corrected chi connectivity index (χ0v) is 23.7. The Morgan fingerprint density at radius 1 is 0.605 bits per heavy atom. The Morgan fingerprint density at radius 3 is 1.28 bits per heavy atom.